The number of ketones is 1. The van der Waals surface area contributed by atoms with E-state index in [9.17, 15) is 9.59 Å². The average molecular weight is 360 g/mol. The highest BCUT2D eigenvalue weighted by Gasteiger charge is 2.18. The minimum Gasteiger partial charge on any atom is -0.378 e. The van der Waals surface area contributed by atoms with Crippen LogP contribution in [0, 0.1) is 0 Å². The molecule has 0 spiro atoms. The van der Waals surface area contributed by atoms with Crippen molar-refractivity contribution >= 4 is 40.4 Å². The zero-order valence-corrected chi connectivity index (χ0v) is 14.5. The van der Waals surface area contributed by atoms with Gasteiger partial charge < -0.3 is 15.0 Å². The molecule has 1 aromatic rings. The molecule has 130 valence electrons. The van der Waals surface area contributed by atoms with Crippen molar-refractivity contribution in [3.8, 4) is 0 Å². The Hall–Kier alpha value is -2.44. The van der Waals surface area contributed by atoms with Gasteiger partial charge in [0.1, 0.15) is 0 Å². The lowest BCUT2D eigenvalue weighted by Crippen LogP contribution is -2.36. The summed E-state index contributed by atoms with van der Waals surface area (Å²) in [6.07, 6.45) is 2.75. The normalized spacial score (nSPS) is 19.5. The SMILES string of the molecule is CC(=O)NC1=CC(=Nc2ccc(N3CCOCC3)cc2)C(Cl)=CC1=O. The molecule has 1 aliphatic heterocycles. The fraction of sp³-hybridized carbons (Fsp3) is 0.278. The number of hydrogen-bond acceptors (Lipinski definition) is 5. The van der Waals surface area contributed by atoms with E-state index in [0.29, 0.717) is 11.4 Å². The van der Waals surface area contributed by atoms with E-state index >= 15 is 0 Å². The van der Waals surface area contributed by atoms with Gasteiger partial charge in [-0.1, -0.05) is 11.6 Å². The van der Waals surface area contributed by atoms with Crippen molar-refractivity contribution in [2.75, 3.05) is 31.2 Å². The molecule has 6 nitrogen and oxygen atoms in total. The number of ether oxygens (including phenoxy) is 1. The van der Waals surface area contributed by atoms with Gasteiger partial charge in [-0.2, -0.15) is 0 Å². The topological polar surface area (TPSA) is 71.0 Å². The van der Waals surface area contributed by atoms with Crippen molar-refractivity contribution in [2.24, 2.45) is 4.99 Å². The van der Waals surface area contributed by atoms with Crippen LogP contribution in [-0.2, 0) is 14.3 Å². The van der Waals surface area contributed by atoms with Gasteiger partial charge in [0.15, 0.2) is 0 Å². The number of carbonyl (C=O) groups is 2. The van der Waals surface area contributed by atoms with Gasteiger partial charge in [-0.25, -0.2) is 4.99 Å². The van der Waals surface area contributed by atoms with Gasteiger partial charge in [0.2, 0.25) is 11.7 Å². The van der Waals surface area contributed by atoms with Gasteiger partial charge in [0, 0.05) is 31.8 Å². The van der Waals surface area contributed by atoms with E-state index < -0.39 is 0 Å². The third-order valence-electron chi connectivity index (χ3n) is 3.84. The van der Waals surface area contributed by atoms with Crippen LogP contribution in [0.5, 0.6) is 0 Å². The Bertz CT molecular complexity index is 775. The summed E-state index contributed by atoms with van der Waals surface area (Å²) < 4.78 is 5.36. The zero-order chi connectivity index (χ0) is 17.8. The van der Waals surface area contributed by atoms with E-state index in [1.54, 1.807) is 0 Å². The van der Waals surface area contributed by atoms with Crippen LogP contribution in [0.4, 0.5) is 11.4 Å². The molecule has 1 heterocycles. The quantitative estimate of drug-likeness (QED) is 0.841. The molecule has 2 aliphatic rings. The van der Waals surface area contributed by atoms with E-state index in [0.717, 1.165) is 32.0 Å². The average Bonchev–Trinajstić information content (AvgIpc) is 2.60. The van der Waals surface area contributed by atoms with Crippen LogP contribution in [0.3, 0.4) is 0 Å². The lowest BCUT2D eigenvalue weighted by Gasteiger charge is -2.28. The van der Waals surface area contributed by atoms with Crippen LogP contribution >= 0.6 is 11.6 Å². The van der Waals surface area contributed by atoms with Crippen molar-refractivity contribution in [2.45, 2.75) is 6.92 Å². The van der Waals surface area contributed by atoms with E-state index in [2.05, 4.69) is 15.2 Å². The molecule has 7 heteroatoms. The first kappa shape index (κ1) is 17.4. The molecule has 25 heavy (non-hydrogen) atoms. The monoisotopic (exact) mass is 359 g/mol. The van der Waals surface area contributed by atoms with Crippen molar-refractivity contribution < 1.29 is 14.3 Å². The molecule has 0 radical (unpaired) electrons. The number of aliphatic imine (C=N–C) groups is 1. The van der Waals surface area contributed by atoms with Gasteiger partial charge in [0.05, 0.1) is 35.3 Å². The summed E-state index contributed by atoms with van der Waals surface area (Å²) in [5.41, 5.74) is 2.43. The molecule has 0 aromatic heterocycles. The van der Waals surface area contributed by atoms with Crippen LogP contribution in [0.1, 0.15) is 6.92 Å². The third-order valence-corrected chi connectivity index (χ3v) is 4.14. The summed E-state index contributed by atoms with van der Waals surface area (Å²) in [6, 6.07) is 7.78. The Balaban J connectivity index is 1.81. The van der Waals surface area contributed by atoms with Crippen molar-refractivity contribution in [3.63, 3.8) is 0 Å². The number of rotatable bonds is 3. The molecule has 3 rings (SSSR count). The maximum absolute atomic E-state index is 11.8. The van der Waals surface area contributed by atoms with Crippen LogP contribution in [0.15, 0.2) is 52.1 Å². The maximum Gasteiger partial charge on any atom is 0.221 e. The molecule has 1 aromatic carbocycles. The van der Waals surface area contributed by atoms with E-state index in [1.807, 2.05) is 24.3 Å². The fourth-order valence-electron chi connectivity index (χ4n) is 2.62. The number of nitrogens with one attached hydrogen (secondary N) is 1. The maximum atomic E-state index is 11.8. The number of nitrogens with zero attached hydrogens (tertiary/aromatic N) is 2. The molecule has 1 aliphatic carbocycles. The molecule has 1 N–H and O–H groups in total. The van der Waals surface area contributed by atoms with Crippen LogP contribution in [-0.4, -0.2) is 43.7 Å². The number of benzene rings is 1. The first-order valence-electron chi connectivity index (χ1n) is 7.95. The molecule has 1 saturated heterocycles. The Kier molecular flexibility index (Phi) is 5.31. The number of morpholine rings is 1. The zero-order valence-electron chi connectivity index (χ0n) is 13.8. The number of anilines is 1. The minimum absolute atomic E-state index is 0.167. The Morgan fingerprint density at radius 3 is 2.52 bits per heavy atom. The van der Waals surface area contributed by atoms with Gasteiger partial charge >= 0.3 is 0 Å². The predicted octanol–water partition coefficient (Wildman–Crippen LogP) is 2.32. The number of carbonyl (C=O) groups excluding carboxylic acids is 2. The highest BCUT2D eigenvalue weighted by atomic mass is 35.5. The second kappa shape index (κ2) is 7.63. The summed E-state index contributed by atoms with van der Waals surface area (Å²) in [4.78, 5) is 29.7. The smallest absolute Gasteiger partial charge is 0.221 e. The Morgan fingerprint density at radius 1 is 1.20 bits per heavy atom. The number of halogens is 1. The number of amides is 1. The molecule has 1 fully saturated rings. The molecular weight excluding hydrogens is 342 g/mol. The fourth-order valence-corrected chi connectivity index (χ4v) is 2.81. The van der Waals surface area contributed by atoms with E-state index in [-0.39, 0.29) is 22.4 Å². The van der Waals surface area contributed by atoms with Gasteiger partial charge in [0.25, 0.3) is 0 Å². The largest absolute Gasteiger partial charge is 0.378 e. The van der Waals surface area contributed by atoms with Crippen molar-refractivity contribution in [1.29, 1.82) is 0 Å². The van der Waals surface area contributed by atoms with Crippen LogP contribution < -0.4 is 10.2 Å². The first-order valence-corrected chi connectivity index (χ1v) is 8.33. The van der Waals surface area contributed by atoms with E-state index in [4.69, 9.17) is 16.3 Å². The second-order valence-electron chi connectivity index (χ2n) is 5.71. The Labute approximate surface area is 150 Å². The highest BCUT2D eigenvalue weighted by molar-refractivity contribution is 6.48. The number of allylic oxidation sites excluding steroid dienone is 3. The van der Waals surface area contributed by atoms with Gasteiger partial charge in [-0.05, 0) is 30.3 Å². The minimum atomic E-state index is -0.346. The molecular formula is C18H18ClN3O3. The van der Waals surface area contributed by atoms with Crippen molar-refractivity contribution in [1.82, 2.24) is 5.32 Å². The summed E-state index contributed by atoms with van der Waals surface area (Å²) >= 11 is 6.11. The third kappa shape index (κ3) is 4.35. The molecule has 0 unspecified atom stereocenters. The Morgan fingerprint density at radius 2 is 1.88 bits per heavy atom. The van der Waals surface area contributed by atoms with Gasteiger partial charge in [-0.3, -0.25) is 9.59 Å². The summed E-state index contributed by atoms with van der Waals surface area (Å²) in [6.45, 7) is 4.54. The lowest BCUT2D eigenvalue weighted by atomic mass is 10.1. The predicted molar refractivity (Wildman–Crippen MR) is 97.4 cm³/mol. The molecule has 1 amide bonds. The standard InChI is InChI=1S/C18H18ClN3O3/c1-12(23)20-17-11-16(15(19)10-18(17)24)21-13-2-4-14(5-3-13)22-6-8-25-9-7-22/h2-5,10-11H,6-9H2,1H3,(H,20,23). The van der Waals surface area contributed by atoms with Crippen LogP contribution in [0.2, 0.25) is 0 Å². The van der Waals surface area contributed by atoms with Crippen LogP contribution in [0.25, 0.3) is 0 Å². The number of hydrogen-bond donors (Lipinski definition) is 1. The van der Waals surface area contributed by atoms with Gasteiger partial charge in [-0.15, -0.1) is 0 Å². The summed E-state index contributed by atoms with van der Waals surface area (Å²) in [7, 11) is 0. The van der Waals surface area contributed by atoms with Crippen molar-refractivity contribution in [3.05, 3.63) is 47.1 Å². The molecule has 0 bridgehead atoms. The summed E-state index contributed by atoms with van der Waals surface area (Å²) in [5, 5.41) is 2.74. The first-order chi connectivity index (χ1) is 12.0. The summed E-state index contributed by atoms with van der Waals surface area (Å²) in [5.74, 6) is -0.665. The molecule has 0 saturated carbocycles. The highest BCUT2D eigenvalue weighted by Crippen LogP contribution is 2.23. The second-order valence-corrected chi connectivity index (χ2v) is 6.12. The lowest BCUT2D eigenvalue weighted by molar-refractivity contribution is -0.120. The molecule has 0 atom stereocenters. The van der Waals surface area contributed by atoms with E-state index in [1.165, 1.54) is 19.1 Å².